The van der Waals surface area contributed by atoms with E-state index < -0.39 is 25.9 Å². The first kappa shape index (κ1) is 24.8. The monoisotopic (exact) mass is 509 g/mol. The summed E-state index contributed by atoms with van der Waals surface area (Å²) in [5.41, 5.74) is 1.01. The Balaban J connectivity index is 1.31. The van der Waals surface area contributed by atoms with E-state index in [0.29, 0.717) is 37.2 Å². The molecular weight excluding hydrogens is 481 g/mol. The zero-order valence-corrected chi connectivity index (χ0v) is 20.3. The third-order valence-corrected chi connectivity index (χ3v) is 10.1. The molecule has 1 amide bonds. The number of hydrogen-bond donors (Lipinski definition) is 1. The lowest BCUT2D eigenvalue weighted by Crippen LogP contribution is -2.41. The molecule has 0 aliphatic carbocycles. The Morgan fingerprint density at radius 3 is 2.03 bits per heavy atom. The van der Waals surface area contributed by atoms with Gasteiger partial charge < -0.3 is 5.32 Å². The predicted octanol–water partition coefficient (Wildman–Crippen LogP) is 2.79. The van der Waals surface area contributed by atoms with Crippen LogP contribution in [-0.4, -0.2) is 57.5 Å². The van der Waals surface area contributed by atoms with Crippen LogP contribution in [0.25, 0.3) is 0 Å². The summed E-state index contributed by atoms with van der Waals surface area (Å²) in [7, 11) is -7.07. The molecule has 2 aromatic carbocycles. The summed E-state index contributed by atoms with van der Waals surface area (Å²) in [6, 6.07) is 11.5. The predicted molar refractivity (Wildman–Crippen MR) is 126 cm³/mol. The third kappa shape index (κ3) is 5.65. The number of carbonyl (C=O) groups is 1. The number of nitrogens with zero attached hydrogens (tertiary/aromatic N) is 2. The molecule has 0 spiro atoms. The second kappa shape index (κ2) is 10.1. The Morgan fingerprint density at radius 2 is 1.44 bits per heavy atom. The van der Waals surface area contributed by atoms with E-state index in [1.165, 1.54) is 45.0 Å². The third-order valence-electron chi connectivity index (χ3n) is 6.31. The van der Waals surface area contributed by atoms with E-state index in [2.05, 4.69) is 5.32 Å². The fourth-order valence-corrected chi connectivity index (χ4v) is 7.39. The minimum Gasteiger partial charge on any atom is -0.326 e. The van der Waals surface area contributed by atoms with Crippen LogP contribution in [0.15, 0.2) is 53.4 Å². The molecule has 0 saturated carbocycles. The molecule has 0 atom stereocenters. The summed E-state index contributed by atoms with van der Waals surface area (Å²) in [6.45, 7) is 1.52. The fourth-order valence-electron chi connectivity index (χ4n) is 4.31. The summed E-state index contributed by atoms with van der Waals surface area (Å²) in [5.74, 6) is -1.19. The summed E-state index contributed by atoms with van der Waals surface area (Å²) in [4.78, 5) is 12.9. The van der Waals surface area contributed by atoms with Gasteiger partial charge in [-0.3, -0.25) is 4.79 Å². The number of nitrogens with one attached hydrogen (secondary N) is 1. The Labute approximate surface area is 199 Å². The van der Waals surface area contributed by atoms with Gasteiger partial charge in [0, 0.05) is 37.8 Å². The largest absolute Gasteiger partial charge is 0.326 e. The van der Waals surface area contributed by atoms with Crippen molar-refractivity contribution >= 4 is 31.6 Å². The molecule has 0 unspecified atom stereocenters. The Morgan fingerprint density at radius 1 is 0.853 bits per heavy atom. The van der Waals surface area contributed by atoms with Crippen molar-refractivity contribution in [2.24, 2.45) is 5.92 Å². The first-order chi connectivity index (χ1) is 16.1. The van der Waals surface area contributed by atoms with Crippen LogP contribution in [-0.2, 0) is 30.6 Å². The van der Waals surface area contributed by atoms with Gasteiger partial charge in [-0.1, -0.05) is 12.1 Å². The fraction of sp³-hybridized carbons (Fsp3) is 0.435. The van der Waals surface area contributed by atoms with Gasteiger partial charge in [0.25, 0.3) is 0 Å². The number of piperidine rings is 1. The zero-order valence-electron chi connectivity index (χ0n) is 18.7. The molecule has 2 heterocycles. The van der Waals surface area contributed by atoms with E-state index in [0.717, 1.165) is 12.8 Å². The highest BCUT2D eigenvalue weighted by molar-refractivity contribution is 7.89. The number of halogens is 1. The molecule has 34 heavy (non-hydrogen) atoms. The van der Waals surface area contributed by atoms with Gasteiger partial charge in [-0.05, 0) is 67.6 Å². The van der Waals surface area contributed by atoms with Gasteiger partial charge in [0.05, 0.1) is 10.6 Å². The van der Waals surface area contributed by atoms with Crippen LogP contribution in [0.2, 0.25) is 0 Å². The summed E-state index contributed by atoms with van der Waals surface area (Å²) < 4.78 is 66.5. The summed E-state index contributed by atoms with van der Waals surface area (Å²) >= 11 is 0. The van der Waals surface area contributed by atoms with Crippen molar-refractivity contribution in [1.29, 1.82) is 0 Å². The molecule has 2 saturated heterocycles. The SMILES string of the molecule is O=C(Nc1ccc(S(=O)(=O)N2CCCC2)cc1)C1CCN(S(=O)(=O)Cc2ccc(F)cc2)CC1. The van der Waals surface area contributed by atoms with E-state index >= 15 is 0 Å². The number of benzene rings is 2. The van der Waals surface area contributed by atoms with Gasteiger partial charge >= 0.3 is 0 Å². The molecule has 2 aliphatic rings. The standard InChI is InChI=1S/C23H28FN3O5S2/c24-20-5-3-18(4-6-20)17-33(29,30)26-15-11-19(12-16-26)23(28)25-21-7-9-22(10-8-21)34(31,32)27-13-1-2-14-27/h3-10,19H,1-2,11-17H2,(H,25,28). The van der Waals surface area contributed by atoms with E-state index in [4.69, 9.17) is 0 Å². The molecule has 1 N–H and O–H groups in total. The molecular formula is C23H28FN3O5S2. The molecule has 8 nitrogen and oxygen atoms in total. The topological polar surface area (TPSA) is 104 Å². The van der Waals surface area contributed by atoms with Crippen molar-refractivity contribution < 1.29 is 26.0 Å². The maximum atomic E-state index is 13.1. The molecule has 11 heteroatoms. The zero-order chi connectivity index (χ0) is 24.3. The van der Waals surface area contributed by atoms with E-state index in [9.17, 15) is 26.0 Å². The van der Waals surface area contributed by atoms with Crippen molar-refractivity contribution in [1.82, 2.24) is 8.61 Å². The lowest BCUT2D eigenvalue weighted by atomic mass is 9.97. The second-order valence-electron chi connectivity index (χ2n) is 8.68. The van der Waals surface area contributed by atoms with Crippen LogP contribution in [0.5, 0.6) is 0 Å². The van der Waals surface area contributed by atoms with Crippen molar-refractivity contribution in [2.75, 3.05) is 31.5 Å². The first-order valence-electron chi connectivity index (χ1n) is 11.3. The van der Waals surface area contributed by atoms with Gasteiger partial charge in [-0.15, -0.1) is 0 Å². The van der Waals surface area contributed by atoms with Gasteiger partial charge in [0.1, 0.15) is 5.82 Å². The van der Waals surface area contributed by atoms with Crippen LogP contribution >= 0.6 is 0 Å². The molecule has 2 aliphatic heterocycles. The van der Waals surface area contributed by atoms with Crippen LogP contribution in [0.4, 0.5) is 10.1 Å². The maximum Gasteiger partial charge on any atom is 0.243 e. The number of rotatable bonds is 7. The maximum absolute atomic E-state index is 13.1. The van der Waals surface area contributed by atoms with E-state index in [1.807, 2.05) is 0 Å². The lowest BCUT2D eigenvalue weighted by Gasteiger charge is -2.30. The molecule has 0 aromatic heterocycles. The highest BCUT2D eigenvalue weighted by Gasteiger charge is 2.31. The Kier molecular flexibility index (Phi) is 7.36. The Hall–Kier alpha value is -2.34. The van der Waals surface area contributed by atoms with Crippen LogP contribution < -0.4 is 5.32 Å². The number of sulfonamides is 2. The molecule has 4 rings (SSSR count). The minimum absolute atomic E-state index is 0.201. The van der Waals surface area contributed by atoms with E-state index in [-0.39, 0.29) is 35.6 Å². The normalized spacial score (nSPS) is 18.7. The van der Waals surface area contributed by atoms with Crippen LogP contribution in [0.3, 0.4) is 0 Å². The average molecular weight is 510 g/mol. The summed E-state index contributed by atoms with van der Waals surface area (Å²) in [6.07, 6.45) is 2.49. The number of hydrogen-bond acceptors (Lipinski definition) is 5. The smallest absolute Gasteiger partial charge is 0.243 e. The molecule has 2 aromatic rings. The van der Waals surface area contributed by atoms with Crippen LogP contribution in [0, 0.1) is 11.7 Å². The molecule has 0 bridgehead atoms. The van der Waals surface area contributed by atoms with E-state index in [1.54, 1.807) is 12.1 Å². The molecule has 2 fully saturated rings. The van der Waals surface area contributed by atoms with Gasteiger partial charge in [0.15, 0.2) is 0 Å². The van der Waals surface area contributed by atoms with Crippen molar-refractivity contribution in [3.63, 3.8) is 0 Å². The second-order valence-corrected chi connectivity index (χ2v) is 12.6. The Bertz CT molecular complexity index is 1220. The van der Waals surface area contributed by atoms with Crippen molar-refractivity contribution in [2.45, 2.75) is 36.3 Å². The number of anilines is 1. The average Bonchev–Trinajstić information content (AvgIpc) is 3.37. The molecule has 0 radical (unpaired) electrons. The highest BCUT2D eigenvalue weighted by atomic mass is 32.2. The van der Waals surface area contributed by atoms with Gasteiger partial charge in [-0.25, -0.2) is 25.5 Å². The quantitative estimate of drug-likeness (QED) is 0.618. The van der Waals surface area contributed by atoms with Gasteiger partial charge in [0.2, 0.25) is 26.0 Å². The number of carbonyl (C=O) groups excluding carboxylic acids is 1. The first-order valence-corrected chi connectivity index (χ1v) is 14.3. The highest BCUT2D eigenvalue weighted by Crippen LogP contribution is 2.25. The minimum atomic E-state index is -3.56. The number of amides is 1. The lowest BCUT2D eigenvalue weighted by molar-refractivity contribution is -0.120. The van der Waals surface area contributed by atoms with Crippen molar-refractivity contribution in [3.05, 3.63) is 59.9 Å². The van der Waals surface area contributed by atoms with Crippen LogP contribution in [0.1, 0.15) is 31.2 Å². The van der Waals surface area contributed by atoms with Gasteiger partial charge in [-0.2, -0.15) is 4.31 Å². The van der Waals surface area contributed by atoms with Crippen molar-refractivity contribution in [3.8, 4) is 0 Å². The molecule has 184 valence electrons. The summed E-state index contributed by atoms with van der Waals surface area (Å²) in [5, 5.41) is 2.81.